The number of fused-ring (bicyclic) bond motifs is 3. The summed E-state index contributed by atoms with van der Waals surface area (Å²) in [4.78, 5) is 59.1. The van der Waals surface area contributed by atoms with Gasteiger partial charge in [0.25, 0.3) is 0 Å². The lowest BCUT2D eigenvalue weighted by molar-refractivity contribution is -0.144. The lowest BCUT2D eigenvalue weighted by atomic mass is 9.85. The molecule has 2 aliphatic rings. The molecule has 4 heterocycles. The van der Waals surface area contributed by atoms with Crippen molar-refractivity contribution in [1.82, 2.24) is 25.0 Å². The van der Waals surface area contributed by atoms with Crippen LogP contribution in [0, 0.1) is 26.2 Å². The first-order valence-corrected chi connectivity index (χ1v) is 20.8. The van der Waals surface area contributed by atoms with Crippen LogP contribution < -0.4 is 21.1 Å². The van der Waals surface area contributed by atoms with Crippen molar-refractivity contribution in [3.05, 3.63) is 86.8 Å². The number of nitrogens with two attached hydrogens (primary N) is 1. The summed E-state index contributed by atoms with van der Waals surface area (Å²) in [5.41, 5.74) is 9.29. The second-order valence-corrected chi connectivity index (χ2v) is 17.3. The van der Waals surface area contributed by atoms with Crippen LogP contribution in [0.25, 0.3) is 5.00 Å². The zero-order valence-electron chi connectivity index (χ0n) is 34.2. The van der Waals surface area contributed by atoms with Crippen LogP contribution in [0.4, 0.5) is 5.69 Å². The molecular formula is C42H51ClN8O7S. The number of ether oxygens (including phenoxy) is 3. The van der Waals surface area contributed by atoms with Gasteiger partial charge in [-0.15, -0.1) is 21.5 Å². The van der Waals surface area contributed by atoms with Crippen molar-refractivity contribution in [2.24, 2.45) is 16.1 Å². The van der Waals surface area contributed by atoms with Crippen molar-refractivity contribution in [1.29, 1.82) is 0 Å². The first-order chi connectivity index (χ1) is 28.1. The number of nitrogens with one attached hydrogen (secondary N) is 2. The molecule has 6 rings (SSSR count). The van der Waals surface area contributed by atoms with Crippen molar-refractivity contribution in [3.8, 4) is 10.8 Å². The Bertz CT molecular complexity index is 2200. The van der Waals surface area contributed by atoms with E-state index in [2.05, 4.69) is 34.7 Å². The highest BCUT2D eigenvalue weighted by atomic mass is 35.5. The number of carbonyl (C=O) groups excluding carboxylic acids is 4. The summed E-state index contributed by atoms with van der Waals surface area (Å²) >= 11 is 7.88. The van der Waals surface area contributed by atoms with E-state index in [0.717, 1.165) is 33.2 Å². The van der Waals surface area contributed by atoms with Crippen LogP contribution in [0.3, 0.4) is 0 Å². The number of halogens is 1. The predicted octanol–water partition coefficient (Wildman–Crippen LogP) is 5.25. The maximum Gasteiger partial charge on any atom is 0.246 e. The molecule has 4 amide bonds. The third kappa shape index (κ3) is 10.4. The predicted molar refractivity (Wildman–Crippen MR) is 225 cm³/mol. The number of aliphatic imine (C=N–C) groups is 1. The van der Waals surface area contributed by atoms with Crippen LogP contribution in [0.5, 0.6) is 5.75 Å². The SMILES string of the molecule is Cc1sc2c(c1C)C(c1ccc(Cl)cc1)=N[C@@H](CC(=O)Nc1ccc(OCCOCCOCC(=O)NC(C(=O)N3CCCC3C(N)=O)C(C)(C)C)cc1)c1nnc(C)n1-2. The Labute approximate surface area is 352 Å². The van der Waals surface area contributed by atoms with E-state index < -0.39 is 35.4 Å². The van der Waals surface area contributed by atoms with Crippen molar-refractivity contribution in [3.63, 3.8) is 0 Å². The number of primary amides is 1. The van der Waals surface area contributed by atoms with Gasteiger partial charge in [0.1, 0.15) is 47.9 Å². The Morgan fingerprint density at radius 1 is 0.949 bits per heavy atom. The molecule has 3 atom stereocenters. The molecule has 4 aromatic rings. The van der Waals surface area contributed by atoms with Gasteiger partial charge in [-0.05, 0) is 81.0 Å². The Balaban J connectivity index is 0.947. The van der Waals surface area contributed by atoms with Gasteiger partial charge in [0.2, 0.25) is 23.6 Å². The van der Waals surface area contributed by atoms with E-state index in [4.69, 9.17) is 36.5 Å². The van der Waals surface area contributed by atoms with E-state index in [0.29, 0.717) is 41.7 Å². The van der Waals surface area contributed by atoms with Gasteiger partial charge in [-0.2, -0.15) is 0 Å². The largest absolute Gasteiger partial charge is 0.491 e. The monoisotopic (exact) mass is 846 g/mol. The zero-order valence-corrected chi connectivity index (χ0v) is 35.7. The Morgan fingerprint density at radius 2 is 1.64 bits per heavy atom. The molecule has 2 aromatic carbocycles. The number of aryl methyl sites for hydroxylation is 2. The fourth-order valence-corrected chi connectivity index (χ4v) is 8.44. The molecule has 15 nitrogen and oxygen atoms in total. The Morgan fingerprint density at radius 3 is 2.34 bits per heavy atom. The van der Waals surface area contributed by atoms with Crippen LogP contribution in [0.15, 0.2) is 53.5 Å². The summed E-state index contributed by atoms with van der Waals surface area (Å²) in [7, 11) is 0. The minimum absolute atomic E-state index is 0.0425. The third-order valence-corrected chi connectivity index (χ3v) is 11.7. The second-order valence-electron chi connectivity index (χ2n) is 15.7. The summed E-state index contributed by atoms with van der Waals surface area (Å²) in [6.45, 7) is 12.7. The highest BCUT2D eigenvalue weighted by molar-refractivity contribution is 7.15. The molecular weight excluding hydrogens is 796 g/mol. The van der Waals surface area contributed by atoms with E-state index >= 15 is 0 Å². The van der Waals surface area contributed by atoms with E-state index in [9.17, 15) is 19.2 Å². The number of anilines is 1. The number of carbonyl (C=O) groups is 4. The average Bonchev–Trinajstić information content (AvgIpc) is 3.89. The standard InChI is InChI=1S/C42H51ClN8O7S/c1-24-25(2)59-41-35(24)36(27-9-11-28(43)12-10-27)46-31(39-49-48-26(3)51(39)41)22-33(52)45-29-13-15-30(16-14-29)58-21-20-56-18-19-57-23-34(53)47-37(42(4,5)6)40(55)50-17-7-8-32(50)38(44)54/h9-16,31-32,37H,7-8,17-23H2,1-6H3,(H2,44,54)(H,45,52)(H,47,53)/t31-,32?,37?/m0/s1. The van der Waals surface area contributed by atoms with Gasteiger partial charge in [0, 0.05) is 33.3 Å². The molecule has 0 spiro atoms. The molecule has 0 saturated carbocycles. The third-order valence-electron chi connectivity index (χ3n) is 10.3. The minimum Gasteiger partial charge on any atom is -0.491 e. The number of thiophene rings is 1. The summed E-state index contributed by atoms with van der Waals surface area (Å²) in [5.74, 6) is 0.365. The van der Waals surface area contributed by atoms with E-state index in [-0.39, 0.29) is 51.3 Å². The van der Waals surface area contributed by atoms with Gasteiger partial charge in [-0.1, -0.05) is 44.5 Å². The van der Waals surface area contributed by atoms with Gasteiger partial charge >= 0.3 is 0 Å². The van der Waals surface area contributed by atoms with Crippen LogP contribution in [0.2, 0.25) is 5.02 Å². The quantitative estimate of drug-likeness (QED) is 0.127. The molecule has 0 bridgehead atoms. The summed E-state index contributed by atoms with van der Waals surface area (Å²) in [6, 6.07) is 12.5. The van der Waals surface area contributed by atoms with Gasteiger partial charge < -0.3 is 35.5 Å². The van der Waals surface area contributed by atoms with Crippen LogP contribution in [-0.4, -0.2) is 101 Å². The minimum atomic E-state index is -0.842. The van der Waals surface area contributed by atoms with Gasteiger partial charge in [0.05, 0.1) is 32.0 Å². The first kappa shape index (κ1) is 43.4. The molecule has 4 N–H and O–H groups in total. The molecule has 17 heteroatoms. The summed E-state index contributed by atoms with van der Waals surface area (Å²) in [5, 5.41) is 16.2. The van der Waals surface area contributed by atoms with E-state index in [1.807, 2.05) is 56.5 Å². The van der Waals surface area contributed by atoms with Crippen LogP contribution >= 0.6 is 22.9 Å². The van der Waals surface area contributed by atoms with Crippen LogP contribution in [0.1, 0.15) is 79.3 Å². The molecule has 2 aromatic heterocycles. The molecule has 314 valence electrons. The Hall–Kier alpha value is -5.16. The maximum atomic E-state index is 13.5. The Kier molecular flexibility index (Phi) is 13.9. The zero-order chi connectivity index (χ0) is 42.4. The topological polar surface area (TPSA) is 192 Å². The first-order valence-electron chi connectivity index (χ1n) is 19.6. The number of benzene rings is 2. The number of nitrogens with zero attached hydrogens (tertiary/aromatic N) is 5. The summed E-state index contributed by atoms with van der Waals surface area (Å²) in [6.07, 6.45) is 1.24. The number of hydrogen-bond acceptors (Lipinski definition) is 11. The van der Waals surface area contributed by atoms with Crippen molar-refractivity contribution in [2.75, 3.05) is 44.9 Å². The average molecular weight is 847 g/mol. The van der Waals surface area contributed by atoms with Crippen molar-refractivity contribution >= 4 is 58.0 Å². The lowest BCUT2D eigenvalue weighted by Gasteiger charge is -2.35. The number of rotatable bonds is 16. The number of aromatic nitrogens is 3. The molecule has 1 fully saturated rings. The van der Waals surface area contributed by atoms with E-state index in [1.54, 1.807) is 35.6 Å². The maximum absolute atomic E-state index is 13.5. The summed E-state index contributed by atoms with van der Waals surface area (Å²) < 4.78 is 18.9. The highest BCUT2D eigenvalue weighted by Crippen LogP contribution is 2.40. The van der Waals surface area contributed by atoms with Gasteiger partial charge in [-0.3, -0.25) is 28.7 Å². The van der Waals surface area contributed by atoms with Crippen LogP contribution in [-0.2, 0) is 28.7 Å². The normalized spacial score (nSPS) is 16.7. The number of amides is 4. The number of likely N-dealkylation sites (tertiary alicyclic amines) is 1. The smallest absolute Gasteiger partial charge is 0.246 e. The van der Waals surface area contributed by atoms with Crippen molar-refractivity contribution in [2.45, 2.75) is 78.9 Å². The van der Waals surface area contributed by atoms with Gasteiger partial charge in [-0.25, -0.2) is 0 Å². The van der Waals surface area contributed by atoms with Crippen molar-refractivity contribution < 1.29 is 33.4 Å². The van der Waals surface area contributed by atoms with Gasteiger partial charge in [0.15, 0.2) is 5.82 Å². The fourth-order valence-electron chi connectivity index (χ4n) is 7.10. The molecule has 0 aliphatic carbocycles. The van der Waals surface area contributed by atoms with E-state index in [1.165, 1.54) is 9.78 Å². The molecule has 2 aliphatic heterocycles. The highest BCUT2D eigenvalue weighted by Gasteiger charge is 2.41. The molecule has 59 heavy (non-hydrogen) atoms. The second kappa shape index (κ2) is 18.8. The molecule has 0 radical (unpaired) electrons. The lowest BCUT2D eigenvalue weighted by Crippen LogP contribution is -2.57. The fraction of sp³-hybridized carbons (Fsp3) is 0.452. The number of hydrogen-bond donors (Lipinski definition) is 3. The molecule has 2 unspecified atom stereocenters. The molecule has 1 saturated heterocycles.